The molecular weight excluding hydrogens is 402 g/mol. The summed E-state index contributed by atoms with van der Waals surface area (Å²) in [6.07, 6.45) is 6.01. The zero-order chi connectivity index (χ0) is 22.2. The Balaban J connectivity index is 1.30. The fourth-order valence-corrected chi connectivity index (χ4v) is 5.23. The van der Waals surface area contributed by atoms with Crippen molar-refractivity contribution in [2.45, 2.75) is 45.6 Å². The molecule has 3 aliphatic rings. The van der Waals surface area contributed by atoms with Crippen molar-refractivity contribution in [3.63, 3.8) is 0 Å². The lowest BCUT2D eigenvalue weighted by Gasteiger charge is -2.26. The van der Waals surface area contributed by atoms with E-state index in [4.69, 9.17) is 9.73 Å². The number of hydrogen-bond donors (Lipinski definition) is 2. The zero-order valence-electron chi connectivity index (χ0n) is 19.5. The summed E-state index contributed by atoms with van der Waals surface area (Å²) >= 11 is 0. The molecular formula is C25H39N5O2. The van der Waals surface area contributed by atoms with E-state index in [0.717, 1.165) is 81.5 Å². The quantitative estimate of drug-likeness (QED) is 0.503. The van der Waals surface area contributed by atoms with Gasteiger partial charge in [0, 0.05) is 51.4 Å². The fourth-order valence-electron chi connectivity index (χ4n) is 5.23. The molecule has 7 heteroatoms. The van der Waals surface area contributed by atoms with Gasteiger partial charge in [-0.25, -0.2) is 4.99 Å². The summed E-state index contributed by atoms with van der Waals surface area (Å²) in [5.74, 6) is 2.76. The topological polar surface area (TPSA) is 69.2 Å². The van der Waals surface area contributed by atoms with Gasteiger partial charge in [0.25, 0.3) is 0 Å². The van der Waals surface area contributed by atoms with Crippen molar-refractivity contribution in [1.82, 2.24) is 15.1 Å². The SMILES string of the molecule is CCNC(=NCc1cccc(NC(=O)CCN2CCOCC2)c1)N1CC2CCCCC2C1. The number of anilines is 1. The van der Waals surface area contributed by atoms with Crippen molar-refractivity contribution in [2.24, 2.45) is 16.8 Å². The Bertz CT molecular complexity index is 763. The van der Waals surface area contributed by atoms with Gasteiger partial charge in [0.1, 0.15) is 0 Å². The summed E-state index contributed by atoms with van der Waals surface area (Å²) in [5, 5.41) is 6.54. The predicted molar refractivity (Wildman–Crippen MR) is 129 cm³/mol. The van der Waals surface area contributed by atoms with Gasteiger partial charge in [-0.2, -0.15) is 0 Å². The molecule has 32 heavy (non-hydrogen) atoms. The lowest BCUT2D eigenvalue weighted by Crippen LogP contribution is -2.40. The lowest BCUT2D eigenvalue weighted by molar-refractivity contribution is -0.116. The molecule has 4 rings (SSSR count). The largest absolute Gasteiger partial charge is 0.379 e. The summed E-state index contributed by atoms with van der Waals surface area (Å²) in [7, 11) is 0. The molecule has 1 aromatic carbocycles. The van der Waals surface area contributed by atoms with Crippen LogP contribution < -0.4 is 10.6 Å². The van der Waals surface area contributed by atoms with Crippen molar-refractivity contribution in [1.29, 1.82) is 0 Å². The second kappa shape index (κ2) is 11.7. The monoisotopic (exact) mass is 441 g/mol. The van der Waals surface area contributed by atoms with Gasteiger partial charge in [-0.1, -0.05) is 25.0 Å². The Morgan fingerprint density at radius 1 is 1.16 bits per heavy atom. The third-order valence-electron chi connectivity index (χ3n) is 6.99. The van der Waals surface area contributed by atoms with Crippen molar-refractivity contribution in [3.8, 4) is 0 Å². The number of fused-ring (bicyclic) bond motifs is 1. The number of nitrogens with zero attached hydrogens (tertiary/aromatic N) is 3. The van der Waals surface area contributed by atoms with Gasteiger partial charge in [0.2, 0.25) is 5.91 Å². The Morgan fingerprint density at radius 3 is 2.62 bits per heavy atom. The normalized spacial score (nSPS) is 24.3. The molecule has 0 radical (unpaired) electrons. The number of guanidine groups is 1. The van der Waals surface area contributed by atoms with E-state index in [-0.39, 0.29) is 5.91 Å². The van der Waals surface area contributed by atoms with Crippen LogP contribution in [0.1, 0.15) is 44.6 Å². The third kappa shape index (κ3) is 6.45. The Morgan fingerprint density at radius 2 is 1.91 bits per heavy atom. The highest BCUT2D eigenvalue weighted by atomic mass is 16.5. The van der Waals surface area contributed by atoms with Crippen LogP contribution in [0.4, 0.5) is 5.69 Å². The second-order valence-electron chi connectivity index (χ2n) is 9.33. The zero-order valence-corrected chi connectivity index (χ0v) is 19.5. The number of benzene rings is 1. The molecule has 1 aliphatic carbocycles. The average molecular weight is 442 g/mol. The maximum absolute atomic E-state index is 12.4. The van der Waals surface area contributed by atoms with Crippen LogP contribution in [0.15, 0.2) is 29.3 Å². The van der Waals surface area contributed by atoms with E-state index < -0.39 is 0 Å². The first-order valence-electron chi connectivity index (χ1n) is 12.4. The minimum atomic E-state index is 0.0603. The molecule has 2 unspecified atom stereocenters. The third-order valence-corrected chi connectivity index (χ3v) is 6.99. The van der Waals surface area contributed by atoms with E-state index in [1.807, 2.05) is 18.2 Å². The number of carbonyl (C=O) groups is 1. The van der Waals surface area contributed by atoms with Gasteiger partial charge in [-0.15, -0.1) is 0 Å². The summed E-state index contributed by atoms with van der Waals surface area (Å²) in [5.41, 5.74) is 1.96. The van der Waals surface area contributed by atoms with Gasteiger partial charge in [-0.05, 0) is 49.3 Å². The standard InChI is InChI=1S/C25H39N5O2/c1-2-26-25(30-18-21-7-3-4-8-22(21)19-30)27-17-20-6-5-9-23(16-20)28-24(31)10-11-29-12-14-32-15-13-29/h5-6,9,16,21-22H,2-4,7-8,10-15,17-19H2,1H3,(H,26,27)(H,28,31). The molecule has 7 nitrogen and oxygen atoms in total. The van der Waals surface area contributed by atoms with Crippen LogP contribution in [0.5, 0.6) is 0 Å². The summed E-state index contributed by atoms with van der Waals surface area (Å²) < 4.78 is 5.37. The molecule has 1 amide bonds. The number of rotatable bonds is 7. The number of carbonyl (C=O) groups excluding carboxylic acids is 1. The van der Waals surface area contributed by atoms with E-state index in [0.29, 0.717) is 13.0 Å². The average Bonchev–Trinajstić information content (AvgIpc) is 3.25. The van der Waals surface area contributed by atoms with Gasteiger partial charge in [0.15, 0.2) is 5.96 Å². The molecule has 2 N–H and O–H groups in total. The fraction of sp³-hybridized carbons (Fsp3) is 0.680. The van der Waals surface area contributed by atoms with Crippen molar-refractivity contribution >= 4 is 17.6 Å². The van der Waals surface area contributed by atoms with E-state index >= 15 is 0 Å². The van der Waals surface area contributed by atoms with Crippen LogP contribution in [-0.4, -0.2) is 74.1 Å². The maximum Gasteiger partial charge on any atom is 0.225 e. The first-order chi connectivity index (χ1) is 15.7. The molecule has 1 saturated carbocycles. The Kier molecular flexibility index (Phi) is 8.40. The number of likely N-dealkylation sites (tertiary alicyclic amines) is 1. The highest BCUT2D eigenvalue weighted by Crippen LogP contribution is 2.36. The van der Waals surface area contributed by atoms with Crippen LogP contribution in [0.25, 0.3) is 0 Å². The van der Waals surface area contributed by atoms with Gasteiger partial charge >= 0.3 is 0 Å². The summed E-state index contributed by atoms with van der Waals surface area (Å²) in [4.78, 5) is 22.1. The number of ether oxygens (including phenoxy) is 1. The molecule has 0 spiro atoms. The van der Waals surface area contributed by atoms with Crippen LogP contribution in [0.2, 0.25) is 0 Å². The van der Waals surface area contributed by atoms with Gasteiger partial charge in [0.05, 0.1) is 19.8 Å². The number of morpholine rings is 1. The highest BCUT2D eigenvalue weighted by molar-refractivity contribution is 5.90. The van der Waals surface area contributed by atoms with Crippen LogP contribution in [-0.2, 0) is 16.1 Å². The minimum Gasteiger partial charge on any atom is -0.379 e. The van der Waals surface area contributed by atoms with Crippen LogP contribution in [0.3, 0.4) is 0 Å². The molecule has 176 valence electrons. The van der Waals surface area contributed by atoms with Crippen molar-refractivity contribution in [3.05, 3.63) is 29.8 Å². The van der Waals surface area contributed by atoms with E-state index in [1.165, 1.54) is 25.7 Å². The van der Waals surface area contributed by atoms with Crippen molar-refractivity contribution in [2.75, 3.05) is 57.8 Å². The predicted octanol–water partition coefficient (Wildman–Crippen LogP) is 2.93. The van der Waals surface area contributed by atoms with Crippen LogP contribution >= 0.6 is 0 Å². The van der Waals surface area contributed by atoms with E-state index in [9.17, 15) is 4.79 Å². The molecule has 2 heterocycles. The first-order valence-corrected chi connectivity index (χ1v) is 12.4. The Hall–Kier alpha value is -2.12. The molecule has 2 saturated heterocycles. The highest BCUT2D eigenvalue weighted by Gasteiger charge is 2.35. The molecule has 2 atom stereocenters. The number of amides is 1. The second-order valence-corrected chi connectivity index (χ2v) is 9.33. The number of aliphatic imine (C=N–C) groups is 1. The smallest absolute Gasteiger partial charge is 0.225 e. The lowest BCUT2D eigenvalue weighted by atomic mass is 9.82. The molecule has 3 fully saturated rings. The van der Waals surface area contributed by atoms with Gasteiger partial charge < -0.3 is 20.3 Å². The Labute approximate surface area is 192 Å². The molecule has 2 aliphatic heterocycles. The number of nitrogens with one attached hydrogen (secondary N) is 2. The summed E-state index contributed by atoms with van der Waals surface area (Å²) in [6.45, 7) is 10.0. The van der Waals surface area contributed by atoms with Crippen molar-refractivity contribution < 1.29 is 9.53 Å². The minimum absolute atomic E-state index is 0.0603. The molecule has 0 bridgehead atoms. The van der Waals surface area contributed by atoms with Crippen LogP contribution in [0, 0.1) is 11.8 Å². The number of hydrogen-bond acceptors (Lipinski definition) is 4. The first kappa shape index (κ1) is 23.1. The molecule has 1 aromatic rings. The van der Waals surface area contributed by atoms with E-state index in [1.54, 1.807) is 0 Å². The van der Waals surface area contributed by atoms with Gasteiger partial charge in [-0.3, -0.25) is 9.69 Å². The molecule has 0 aromatic heterocycles. The summed E-state index contributed by atoms with van der Waals surface area (Å²) in [6, 6.07) is 8.08. The maximum atomic E-state index is 12.4. The van der Waals surface area contributed by atoms with E-state index in [2.05, 4.69) is 33.4 Å².